The normalized spacial score (nSPS) is 18.1. The number of anilines is 1. The van der Waals surface area contributed by atoms with Crippen molar-refractivity contribution in [3.63, 3.8) is 0 Å². The van der Waals surface area contributed by atoms with Crippen LogP contribution in [-0.4, -0.2) is 26.1 Å². The monoisotopic (exact) mass is 306 g/mol. The fraction of sp³-hybridized carbons (Fsp3) is 0.462. The van der Waals surface area contributed by atoms with Crippen molar-refractivity contribution < 1.29 is 18.3 Å². The molecule has 1 fully saturated rings. The quantitative estimate of drug-likeness (QED) is 0.901. The molecule has 1 heterocycles. The Morgan fingerprint density at radius 3 is 2.75 bits per heavy atom. The number of piperidine rings is 1. The molecule has 0 spiro atoms. The Labute approximate surface area is 122 Å². The number of amides is 1. The lowest BCUT2D eigenvalue weighted by Crippen LogP contribution is -2.37. The Morgan fingerprint density at radius 2 is 2.15 bits per heavy atom. The lowest BCUT2D eigenvalue weighted by Gasteiger charge is -2.22. The average Bonchev–Trinajstić information content (AvgIpc) is 2.43. The van der Waals surface area contributed by atoms with Gasteiger partial charge in [-0.2, -0.15) is 0 Å². The van der Waals surface area contributed by atoms with E-state index in [1.165, 1.54) is 7.11 Å². The molecule has 1 aromatic carbocycles. The molecule has 2 N–H and O–H groups in total. The van der Waals surface area contributed by atoms with Gasteiger partial charge in [-0.1, -0.05) is 0 Å². The minimum atomic E-state index is -0.713. The molecule has 1 aromatic rings. The molecule has 0 aliphatic carbocycles. The fourth-order valence-electron chi connectivity index (χ4n) is 2.09. The number of ether oxygens (including phenoxy) is 1. The molecule has 7 heteroatoms. The standard InChI is InChI=1S/C13H16F2N2O2.ClH/c1-19-12-6-9(14)11(5-10(12)15)17-13(18)8-3-2-4-16-7-8;/h5-6,8,16H,2-4,7H2,1H3,(H,17,18);1H. The van der Waals surface area contributed by atoms with E-state index < -0.39 is 11.6 Å². The van der Waals surface area contributed by atoms with Crippen LogP contribution in [-0.2, 0) is 4.79 Å². The van der Waals surface area contributed by atoms with Gasteiger partial charge in [-0.25, -0.2) is 8.78 Å². The van der Waals surface area contributed by atoms with Crippen LogP contribution in [0.1, 0.15) is 12.8 Å². The molecule has 0 saturated carbocycles. The van der Waals surface area contributed by atoms with Crippen molar-refractivity contribution in [3.05, 3.63) is 23.8 Å². The Hall–Kier alpha value is -1.40. The van der Waals surface area contributed by atoms with E-state index in [9.17, 15) is 13.6 Å². The highest BCUT2D eigenvalue weighted by atomic mass is 35.5. The summed E-state index contributed by atoms with van der Waals surface area (Å²) in [6.07, 6.45) is 1.65. The van der Waals surface area contributed by atoms with Crippen LogP contribution in [0.2, 0.25) is 0 Å². The molecule has 1 unspecified atom stereocenters. The smallest absolute Gasteiger partial charge is 0.228 e. The molecular formula is C13H17ClF2N2O2. The molecule has 1 aliphatic rings. The van der Waals surface area contributed by atoms with Crippen LogP contribution in [0.3, 0.4) is 0 Å². The molecule has 1 aliphatic heterocycles. The third kappa shape index (κ3) is 3.80. The molecule has 20 heavy (non-hydrogen) atoms. The summed E-state index contributed by atoms with van der Waals surface area (Å²) in [6, 6.07) is 1.85. The molecule has 0 radical (unpaired) electrons. The third-order valence-electron chi connectivity index (χ3n) is 3.17. The van der Waals surface area contributed by atoms with Crippen molar-refractivity contribution in [1.82, 2.24) is 5.32 Å². The van der Waals surface area contributed by atoms with Crippen LogP contribution in [0.5, 0.6) is 5.75 Å². The van der Waals surface area contributed by atoms with E-state index in [4.69, 9.17) is 0 Å². The molecule has 1 amide bonds. The van der Waals surface area contributed by atoms with E-state index in [1.54, 1.807) is 0 Å². The molecule has 0 bridgehead atoms. The lowest BCUT2D eigenvalue weighted by molar-refractivity contribution is -0.120. The lowest BCUT2D eigenvalue weighted by atomic mass is 9.99. The van der Waals surface area contributed by atoms with Crippen molar-refractivity contribution in [2.24, 2.45) is 5.92 Å². The number of carbonyl (C=O) groups excluding carboxylic acids is 1. The van der Waals surface area contributed by atoms with E-state index in [-0.39, 0.29) is 35.7 Å². The average molecular weight is 307 g/mol. The molecule has 2 rings (SSSR count). The molecule has 112 valence electrons. The SMILES string of the molecule is COc1cc(F)c(NC(=O)C2CCCNC2)cc1F.Cl. The van der Waals surface area contributed by atoms with Gasteiger partial charge in [-0.15, -0.1) is 12.4 Å². The number of benzene rings is 1. The second-order valence-electron chi connectivity index (χ2n) is 4.50. The Kier molecular flexibility index (Phi) is 6.16. The summed E-state index contributed by atoms with van der Waals surface area (Å²) < 4.78 is 31.8. The first-order valence-electron chi connectivity index (χ1n) is 6.16. The zero-order valence-electron chi connectivity index (χ0n) is 11.0. The van der Waals surface area contributed by atoms with Crippen molar-refractivity contribution in [3.8, 4) is 5.75 Å². The maximum Gasteiger partial charge on any atom is 0.228 e. The third-order valence-corrected chi connectivity index (χ3v) is 3.17. The second kappa shape index (κ2) is 7.40. The van der Waals surface area contributed by atoms with Crippen LogP contribution in [0.4, 0.5) is 14.5 Å². The van der Waals surface area contributed by atoms with Crippen molar-refractivity contribution in [2.45, 2.75) is 12.8 Å². The predicted octanol–water partition coefficient (Wildman–Crippen LogP) is 2.33. The predicted molar refractivity (Wildman–Crippen MR) is 74.4 cm³/mol. The van der Waals surface area contributed by atoms with E-state index in [2.05, 4.69) is 15.4 Å². The Bertz CT molecular complexity index is 480. The maximum atomic E-state index is 13.7. The van der Waals surface area contributed by atoms with Gasteiger partial charge in [0.25, 0.3) is 0 Å². The summed E-state index contributed by atoms with van der Waals surface area (Å²) in [4.78, 5) is 11.9. The van der Waals surface area contributed by atoms with Crippen LogP contribution in [0.15, 0.2) is 12.1 Å². The second-order valence-corrected chi connectivity index (χ2v) is 4.50. The van der Waals surface area contributed by atoms with E-state index >= 15 is 0 Å². The summed E-state index contributed by atoms with van der Waals surface area (Å²) in [6.45, 7) is 1.45. The number of hydrogen-bond donors (Lipinski definition) is 2. The zero-order chi connectivity index (χ0) is 13.8. The Morgan fingerprint density at radius 1 is 1.40 bits per heavy atom. The largest absolute Gasteiger partial charge is 0.494 e. The van der Waals surface area contributed by atoms with Crippen LogP contribution in [0.25, 0.3) is 0 Å². The first-order chi connectivity index (χ1) is 9.11. The van der Waals surface area contributed by atoms with E-state index in [0.29, 0.717) is 6.54 Å². The zero-order valence-corrected chi connectivity index (χ0v) is 11.9. The van der Waals surface area contributed by atoms with Gasteiger partial charge in [0, 0.05) is 18.7 Å². The topological polar surface area (TPSA) is 50.4 Å². The van der Waals surface area contributed by atoms with Gasteiger partial charge in [0.2, 0.25) is 5.91 Å². The van der Waals surface area contributed by atoms with Gasteiger partial charge in [0.1, 0.15) is 0 Å². The van der Waals surface area contributed by atoms with E-state index in [1.807, 2.05) is 0 Å². The van der Waals surface area contributed by atoms with Crippen LogP contribution in [0, 0.1) is 17.6 Å². The minimum Gasteiger partial charge on any atom is -0.494 e. The van der Waals surface area contributed by atoms with Gasteiger partial charge in [-0.3, -0.25) is 4.79 Å². The van der Waals surface area contributed by atoms with Crippen LogP contribution >= 0.6 is 12.4 Å². The molecule has 0 aromatic heterocycles. The number of halogens is 3. The van der Waals surface area contributed by atoms with Gasteiger partial charge >= 0.3 is 0 Å². The van der Waals surface area contributed by atoms with Crippen molar-refractivity contribution in [2.75, 3.05) is 25.5 Å². The first-order valence-corrected chi connectivity index (χ1v) is 6.16. The van der Waals surface area contributed by atoms with Gasteiger partial charge in [0.05, 0.1) is 18.7 Å². The first kappa shape index (κ1) is 16.7. The summed E-state index contributed by atoms with van der Waals surface area (Å²) in [5, 5.41) is 5.52. The molecule has 1 atom stereocenters. The molecule has 4 nitrogen and oxygen atoms in total. The minimum absolute atomic E-state index is 0. The summed E-state index contributed by atoms with van der Waals surface area (Å²) >= 11 is 0. The summed E-state index contributed by atoms with van der Waals surface area (Å²) in [5.74, 6) is -2.11. The number of hydrogen-bond acceptors (Lipinski definition) is 3. The molecular weight excluding hydrogens is 290 g/mol. The maximum absolute atomic E-state index is 13.7. The highest BCUT2D eigenvalue weighted by Crippen LogP contribution is 2.25. The molecule has 1 saturated heterocycles. The van der Waals surface area contributed by atoms with Gasteiger partial charge < -0.3 is 15.4 Å². The Balaban J connectivity index is 0.00000200. The highest BCUT2D eigenvalue weighted by Gasteiger charge is 2.22. The van der Waals surface area contributed by atoms with Crippen molar-refractivity contribution in [1.29, 1.82) is 0 Å². The highest BCUT2D eigenvalue weighted by molar-refractivity contribution is 5.93. The van der Waals surface area contributed by atoms with Crippen molar-refractivity contribution >= 4 is 24.0 Å². The number of carbonyl (C=O) groups is 1. The van der Waals surface area contributed by atoms with Gasteiger partial charge in [-0.05, 0) is 19.4 Å². The number of methoxy groups -OCH3 is 1. The summed E-state index contributed by atoms with van der Waals surface area (Å²) in [5.41, 5.74) is -0.158. The van der Waals surface area contributed by atoms with E-state index in [0.717, 1.165) is 31.5 Å². The number of rotatable bonds is 3. The number of nitrogens with one attached hydrogen (secondary N) is 2. The summed E-state index contributed by atoms with van der Waals surface area (Å²) in [7, 11) is 1.25. The fourth-order valence-corrected chi connectivity index (χ4v) is 2.09. The van der Waals surface area contributed by atoms with Crippen LogP contribution < -0.4 is 15.4 Å². The van der Waals surface area contributed by atoms with Gasteiger partial charge in [0.15, 0.2) is 17.4 Å².